The first-order valence-corrected chi connectivity index (χ1v) is 22.3. The van der Waals surface area contributed by atoms with E-state index in [9.17, 15) is 28.8 Å². The minimum atomic E-state index is -0.909. The van der Waals surface area contributed by atoms with Crippen LogP contribution in [0.3, 0.4) is 0 Å². The molecule has 0 aliphatic rings. The average molecular weight is 811 g/mol. The number of hydrogen-bond donors (Lipinski definition) is 0. The van der Waals surface area contributed by atoms with Crippen LogP contribution in [0.1, 0.15) is 16.7 Å². The van der Waals surface area contributed by atoms with Crippen LogP contribution >= 0.6 is 64.8 Å². The van der Waals surface area contributed by atoms with Crippen LogP contribution < -0.4 is 17.1 Å². The molecule has 0 aliphatic heterocycles. The van der Waals surface area contributed by atoms with Gasteiger partial charge in [-0.05, 0) is 16.7 Å². The smallest absolute Gasteiger partial charge is 0.329 e. The molecule has 0 fully saturated rings. The topological polar surface area (TPSA) is 158 Å². The van der Waals surface area contributed by atoms with Gasteiger partial charge in [-0.2, -0.15) is 0 Å². The molecule has 0 amide bonds. The second-order valence-corrected chi connectivity index (χ2v) is 16.9. The minimum Gasteiger partial charge on any atom is -0.329 e. The van der Waals surface area contributed by atoms with Gasteiger partial charge in [-0.1, -0.05) is 123 Å². The second-order valence-electron chi connectivity index (χ2n) is 10.1. The van der Waals surface area contributed by atoms with E-state index in [1.807, 2.05) is 91.0 Å². The lowest BCUT2D eigenvalue weighted by Gasteiger charge is -2.11. The Labute approximate surface area is 317 Å². The number of ether oxygens (including phenoxy) is 3. The molecule has 12 nitrogen and oxygen atoms in total. The predicted molar refractivity (Wildman–Crippen MR) is 214 cm³/mol. The molecule has 3 N–H and O–H groups in total. The summed E-state index contributed by atoms with van der Waals surface area (Å²) in [7, 11) is 7.07. The quantitative estimate of drug-likeness (QED) is 0.0551. The third-order valence-corrected chi connectivity index (χ3v) is 12.5. The zero-order valence-electron chi connectivity index (χ0n) is 27.1. The highest BCUT2D eigenvalue weighted by Crippen LogP contribution is 2.28. The lowest BCUT2D eigenvalue weighted by molar-refractivity contribution is 0.237. The van der Waals surface area contributed by atoms with Gasteiger partial charge in [0.15, 0.2) is 0 Å². The van der Waals surface area contributed by atoms with Gasteiger partial charge in [0.1, 0.15) is 0 Å². The van der Waals surface area contributed by atoms with E-state index >= 15 is 0 Å². The van der Waals surface area contributed by atoms with Crippen molar-refractivity contribution in [2.24, 2.45) is 0 Å². The summed E-state index contributed by atoms with van der Waals surface area (Å²) in [6.45, 7) is -1.54. The van der Waals surface area contributed by atoms with Gasteiger partial charge in [0.05, 0.1) is 52.0 Å². The maximum atomic E-state index is 13.4. The number of nitrogens with zero attached hydrogens (tertiary/aromatic N) is 3. The van der Waals surface area contributed by atoms with Crippen molar-refractivity contribution in [2.75, 3.05) is 19.8 Å². The second kappa shape index (κ2) is 22.5. The Balaban J connectivity index is 1.34. The number of rotatable bonds is 18. The van der Waals surface area contributed by atoms with Crippen molar-refractivity contribution in [3.05, 3.63) is 139 Å². The molecule has 51 heavy (non-hydrogen) atoms. The maximum absolute atomic E-state index is 13.4. The van der Waals surface area contributed by atoms with E-state index in [2.05, 4.69) is 0 Å². The molecular weight excluding hydrogens is 775 g/mol. The largest absolute Gasteiger partial charge is 0.561 e. The van der Waals surface area contributed by atoms with E-state index in [0.29, 0.717) is 17.3 Å². The van der Waals surface area contributed by atoms with E-state index in [1.54, 1.807) is 0 Å². The highest BCUT2D eigenvalue weighted by atomic mass is 33.1. The molecule has 0 bridgehead atoms. The van der Waals surface area contributed by atoms with Gasteiger partial charge in [-0.3, -0.25) is 0 Å². The number of carbonyl (C=O) groups excluding carboxylic acids is 3. The molecule has 270 valence electrons. The first kappa shape index (κ1) is 40.4. The van der Waals surface area contributed by atoms with E-state index in [4.69, 9.17) is 14.2 Å². The molecular formula is C33H36N3O9S6+3. The molecule has 3 aromatic carbocycles. The number of aromatic nitrogens is 3. The number of hydrogen-bond acceptors (Lipinski definition) is 12. The molecule has 0 atom stereocenters. The zero-order valence-corrected chi connectivity index (χ0v) is 32.0. The summed E-state index contributed by atoms with van der Waals surface area (Å²) in [5.41, 5.74) is 0.469. The molecule has 0 saturated carbocycles. The summed E-state index contributed by atoms with van der Waals surface area (Å²) in [6.07, 6.45) is 0. The van der Waals surface area contributed by atoms with Crippen molar-refractivity contribution < 1.29 is 28.6 Å². The molecule has 0 saturated heterocycles. The highest BCUT2D eigenvalue weighted by Gasteiger charge is 2.22. The predicted octanol–water partition coefficient (Wildman–Crippen LogP) is 5.35. The monoisotopic (exact) mass is 810 g/mol. The summed E-state index contributed by atoms with van der Waals surface area (Å²) in [5, 5.41) is -1.04. The third-order valence-electron chi connectivity index (χ3n) is 6.60. The summed E-state index contributed by atoms with van der Waals surface area (Å²) in [5.74, 6) is 1.85. The van der Waals surface area contributed by atoms with Gasteiger partial charge in [-0.15, -0.1) is 0 Å². The van der Waals surface area contributed by atoms with Crippen LogP contribution in [0.2, 0.25) is 0 Å². The fourth-order valence-corrected chi connectivity index (χ4v) is 9.12. The molecule has 0 spiro atoms. The lowest BCUT2D eigenvalue weighted by Crippen LogP contribution is -2.55. The molecule has 0 aliphatic carbocycles. The fourth-order valence-electron chi connectivity index (χ4n) is 4.17. The first-order chi connectivity index (χ1) is 24.8. The molecule has 0 unspecified atom stereocenters. The molecule has 0 radical (unpaired) electrons. The van der Waals surface area contributed by atoms with Gasteiger partial charge in [-0.25, -0.2) is 28.1 Å². The minimum absolute atomic E-state index is 0.237. The van der Waals surface area contributed by atoms with Crippen LogP contribution in [0.15, 0.2) is 105 Å². The lowest BCUT2D eigenvalue weighted by atomic mass is 10.2. The van der Waals surface area contributed by atoms with E-state index in [-0.39, 0.29) is 55.4 Å². The van der Waals surface area contributed by atoms with Crippen LogP contribution in [0.25, 0.3) is 0 Å². The van der Waals surface area contributed by atoms with E-state index in [0.717, 1.165) is 62.8 Å². The van der Waals surface area contributed by atoms with E-state index < -0.39 is 17.1 Å². The van der Waals surface area contributed by atoms with Crippen LogP contribution in [0.4, 0.5) is 0 Å². The van der Waals surface area contributed by atoms with Crippen molar-refractivity contribution in [1.82, 2.24) is 13.7 Å². The molecule has 4 rings (SSSR count). The van der Waals surface area contributed by atoms with Crippen LogP contribution in [-0.4, -0.2) is 63.8 Å². The summed E-state index contributed by atoms with van der Waals surface area (Å²) in [6, 6.07) is 29.0. The van der Waals surface area contributed by atoms with Crippen molar-refractivity contribution in [3.8, 4) is 0 Å². The van der Waals surface area contributed by atoms with Crippen molar-refractivity contribution >= 4 is 80.7 Å². The Morgan fingerprint density at radius 2 is 0.706 bits per heavy atom. The highest BCUT2D eigenvalue weighted by molar-refractivity contribution is 8.82. The zero-order chi connectivity index (χ0) is 36.3. The van der Waals surface area contributed by atoms with Crippen LogP contribution in [0, 0.1) is 0 Å². The Hall–Kier alpha value is -3.42. The van der Waals surface area contributed by atoms with Crippen molar-refractivity contribution in [1.29, 1.82) is 0 Å². The maximum Gasteiger partial charge on any atom is 0.561 e. The van der Waals surface area contributed by atoms with Crippen LogP contribution in [0.5, 0.6) is 0 Å². The molecule has 18 heteroatoms. The average Bonchev–Trinajstić information content (AvgIpc) is 3.14. The van der Waals surface area contributed by atoms with Gasteiger partial charge < -0.3 is 28.6 Å². The van der Waals surface area contributed by atoms with Gasteiger partial charge >= 0.3 is 33.0 Å². The Morgan fingerprint density at radius 3 is 0.961 bits per heavy atom. The SMILES string of the molecule is O=c1n(CCOC(=[OH+])SSCc2ccccc2)c(=O)n(CCOC(=[OH+])SSCc2ccccc2)c(=O)n1CCOC(=[OH+])SSCc1ccccc1. The third kappa shape index (κ3) is 14.3. The normalized spacial score (nSPS) is 10.8. The van der Waals surface area contributed by atoms with Crippen molar-refractivity contribution in [2.45, 2.75) is 36.9 Å². The first-order valence-electron chi connectivity index (χ1n) is 15.3. The molecule has 4 aromatic rings. The summed E-state index contributed by atoms with van der Waals surface area (Å²) >= 11 is 0. The molecule has 1 heterocycles. The van der Waals surface area contributed by atoms with Crippen LogP contribution in [-0.2, 0) is 51.1 Å². The fraction of sp³-hybridized carbons (Fsp3) is 0.273. The summed E-state index contributed by atoms with van der Waals surface area (Å²) in [4.78, 5) is 70.7. The summed E-state index contributed by atoms with van der Waals surface area (Å²) < 4.78 is 18.5. The standard InChI is InChI=1S/C33H33N3O9S6/c37-28-34(16-19-43-31(40)49-46-22-25-10-4-1-5-11-25)29(38)36(18-21-45-33(42)51-48-24-27-14-8-3-9-15-27)30(39)35(28)17-20-44-32(41)50-47-23-26-12-6-2-7-13-26/h1-15H,16-24H2/p+3. The van der Waals surface area contributed by atoms with Crippen molar-refractivity contribution in [3.63, 3.8) is 0 Å². The number of benzene rings is 3. The van der Waals surface area contributed by atoms with Gasteiger partial charge in [0, 0.05) is 17.3 Å². The molecule has 1 aromatic heterocycles. The van der Waals surface area contributed by atoms with Gasteiger partial charge in [0.25, 0.3) is 0 Å². The Bertz CT molecular complexity index is 1640. The Morgan fingerprint density at radius 1 is 0.451 bits per heavy atom. The van der Waals surface area contributed by atoms with Gasteiger partial charge in [0.2, 0.25) is 19.8 Å². The van der Waals surface area contributed by atoms with E-state index in [1.165, 1.54) is 32.4 Å². The Kier molecular flexibility index (Phi) is 17.8.